The fraction of sp³-hybridized carbons (Fsp3) is 0.385. The molecule has 0 fully saturated rings. The van der Waals surface area contributed by atoms with Crippen LogP contribution >= 0.6 is 0 Å². The molecule has 0 radical (unpaired) electrons. The van der Waals surface area contributed by atoms with Crippen LogP contribution in [0.3, 0.4) is 0 Å². The summed E-state index contributed by atoms with van der Waals surface area (Å²) in [6.07, 6.45) is 0.432. The molecule has 0 aliphatic heterocycles. The second kappa shape index (κ2) is 5.08. The molecule has 0 aliphatic carbocycles. The molecule has 0 saturated heterocycles. The number of aromatic nitrogens is 1. The molecule has 0 N–H and O–H groups in total. The molecule has 1 aromatic heterocycles. The van der Waals surface area contributed by atoms with Crippen molar-refractivity contribution in [1.29, 1.82) is 0 Å². The first kappa shape index (κ1) is 12.4. The van der Waals surface area contributed by atoms with Gasteiger partial charge in [-0.2, -0.15) is 0 Å². The highest BCUT2D eigenvalue weighted by Gasteiger charge is 2.08. The maximum atomic E-state index is 11.2. The molecular weight excluding hydrogens is 232 g/mol. The van der Waals surface area contributed by atoms with E-state index in [1.807, 2.05) is 25.1 Å². The van der Waals surface area contributed by atoms with Crippen molar-refractivity contribution in [2.75, 3.05) is 20.7 Å². The minimum absolute atomic E-state index is 0.326. The van der Waals surface area contributed by atoms with Crippen LogP contribution in [-0.4, -0.2) is 36.7 Å². The summed E-state index contributed by atoms with van der Waals surface area (Å²) in [5.74, 6) is 0.661. The summed E-state index contributed by atoms with van der Waals surface area (Å²) in [6.45, 7) is 2.43. The van der Waals surface area contributed by atoms with Crippen molar-refractivity contribution in [2.24, 2.45) is 0 Å². The van der Waals surface area contributed by atoms with Crippen LogP contribution in [0.4, 0.5) is 4.79 Å². The van der Waals surface area contributed by atoms with E-state index in [4.69, 9.17) is 4.42 Å². The van der Waals surface area contributed by atoms with Crippen LogP contribution < -0.4 is 0 Å². The van der Waals surface area contributed by atoms with E-state index in [0.29, 0.717) is 12.4 Å². The highest BCUT2D eigenvalue weighted by Crippen LogP contribution is 2.17. The highest BCUT2D eigenvalue weighted by molar-refractivity contribution is 5.73. The summed E-state index contributed by atoms with van der Waals surface area (Å²) < 4.78 is 10.0. The Kier molecular flexibility index (Phi) is 3.50. The molecule has 1 heterocycles. The summed E-state index contributed by atoms with van der Waals surface area (Å²) in [5, 5.41) is 0. The number of ether oxygens (including phenoxy) is 1. The van der Waals surface area contributed by atoms with E-state index in [2.05, 4.69) is 9.72 Å². The number of benzene rings is 1. The maximum Gasteiger partial charge on any atom is 0.409 e. The topological polar surface area (TPSA) is 55.6 Å². The minimum atomic E-state index is -0.326. The van der Waals surface area contributed by atoms with Gasteiger partial charge in [-0.25, -0.2) is 9.78 Å². The van der Waals surface area contributed by atoms with Crippen molar-refractivity contribution in [2.45, 2.75) is 13.3 Å². The molecule has 0 atom stereocenters. The molecule has 2 rings (SSSR count). The third-order valence-corrected chi connectivity index (χ3v) is 2.78. The number of nitrogens with zero attached hydrogens (tertiary/aromatic N) is 2. The monoisotopic (exact) mass is 248 g/mol. The molecule has 96 valence electrons. The van der Waals surface area contributed by atoms with Gasteiger partial charge in [0.15, 0.2) is 11.5 Å². The molecule has 0 bridgehead atoms. The van der Waals surface area contributed by atoms with E-state index in [0.717, 1.165) is 23.1 Å². The number of hydrogen-bond donors (Lipinski definition) is 0. The van der Waals surface area contributed by atoms with E-state index >= 15 is 0 Å². The fourth-order valence-electron chi connectivity index (χ4n) is 1.79. The number of hydrogen-bond acceptors (Lipinski definition) is 4. The Balaban J connectivity index is 2.05. The predicted molar refractivity (Wildman–Crippen MR) is 67.5 cm³/mol. The minimum Gasteiger partial charge on any atom is -0.453 e. The molecule has 2 aromatic rings. The summed E-state index contributed by atoms with van der Waals surface area (Å²) in [6, 6.07) is 5.87. The summed E-state index contributed by atoms with van der Waals surface area (Å²) in [7, 11) is 3.09. The van der Waals surface area contributed by atoms with Gasteiger partial charge in [0.05, 0.1) is 7.11 Å². The van der Waals surface area contributed by atoms with Crippen LogP contribution in [0.5, 0.6) is 0 Å². The van der Waals surface area contributed by atoms with Crippen molar-refractivity contribution < 1.29 is 13.9 Å². The van der Waals surface area contributed by atoms with Gasteiger partial charge in [-0.15, -0.1) is 0 Å². The second-order valence-electron chi connectivity index (χ2n) is 4.18. The van der Waals surface area contributed by atoms with Crippen molar-refractivity contribution >= 4 is 17.2 Å². The van der Waals surface area contributed by atoms with Crippen molar-refractivity contribution in [3.63, 3.8) is 0 Å². The molecule has 5 nitrogen and oxygen atoms in total. The average molecular weight is 248 g/mol. The van der Waals surface area contributed by atoms with E-state index in [1.165, 1.54) is 12.0 Å². The van der Waals surface area contributed by atoms with Gasteiger partial charge in [0.2, 0.25) is 0 Å². The van der Waals surface area contributed by atoms with Gasteiger partial charge < -0.3 is 14.1 Å². The van der Waals surface area contributed by atoms with E-state index < -0.39 is 0 Å². The van der Waals surface area contributed by atoms with Crippen LogP contribution in [0.25, 0.3) is 11.1 Å². The molecule has 0 saturated carbocycles. The zero-order chi connectivity index (χ0) is 13.1. The molecule has 1 aromatic carbocycles. The van der Waals surface area contributed by atoms with Crippen LogP contribution in [-0.2, 0) is 11.2 Å². The largest absolute Gasteiger partial charge is 0.453 e. The van der Waals surface area contributed by atoms with Gasteiger partial charge in [-0.1, -0.05) is 6.07 Å². The van der Waals surface area contributed by atoms with E-state index in [1.54, 1.807) is 7.05 Å². The number of methoxy groups -OCH3 is 1. The Bertz CT molecular complexity index is 562. The molecule has 18 heavy (non-hydrogen) atoms. The molecule has 0 aliphatic rings. The predicted octanol–water partition coefficient (Wildman–Crippen LogP) is 2.38. The van der Waals surface area contributed by atoms with Gasteiger partial charge in [-0.3, -0.25) is 0 Å². The normalized spacial score (nSPS) is 10.6. The van der Waals surface area contributed by atoms with E-state index in [-0.39, 0.29) is 6.09 Å². The first-order chi connectivity index (χ1) is 8.60. The summed E-state index contributed by atoms with van der Waals surface area (Å²) in [4.78, 5) is 17.0. The van der Waals surface area contributed by atoms with Gasteiger partial charge in [0.25, 0.3) is 0 Å². The zero-order valence-electron chi connectivity index (χ0n) is 10.8. The van der Waals surface area contributed by atoms with Crippen LogP contribution in [0.15, 0.2) is 22.6 Å². The van der Waals surface area contributed by atoms with Crippen molar-refractivity contribution in [3.05, 3.63) is 29.7 Å². The third kappa shape index (κ3) is 2.61. The Morgan fingerprint density at radius 3 is 3.00 bits per heavy atom. The SMILES string of the molecule is COC(=O)N(C)CCc1ccc2oc(C)nc2c1. The zero-order valence-corrected chi connectivity index (χ0v) is 10.8. The maximum absolute atomic E-state index is 11.2. The van der Waals surface area contributed by atoms with Crippen LogP contribution in [0.2, 0.25) is 0 Å². The molecule has 0 spiro atoms. The lowest BCUT2D eigenvalue weighted by atomic mass is 10.1. The first-order valence-electron chi connectivity index (χ1n) is 5.75. The first-order valence-corrected chi connectivity index (χ1v) is 5.75. The highest BCUT2D eigenvalue weighted by atomic mass is 16.5. The molecule has 1 amide bonds. The summed E-state index contributed by atoms with van der Waals surface area (Å²) >= 11 is 0. The lowest BCUT2D eigenvalue weighted by Gasteiger charge is -2.14. The number of carbonyl (C=O) groups excluding carboxylic acids is 1. The van der Waals surface area contributed by atoms with Crippen LogP contribution in [0, 0.1) is 6.92 Å². The van der Waals surface area contributed by atoms with Gasteiger partial charge in [0.1, 0.15) is 5.52 Å². The third-order valence-electron chi connectivity index (χ3n) is 2.78. The Hall–Kier alpha value is -2.04. The van der Waals surface area contributed by atoms with Gasteiger partial charge in [0, 0.05) is 20.5 Å². The van der Waals surface area contributed by atoms with E-state index in [9.17, 15) is 4.79 Å². The Labute approximate surface area is 105 Å². The van der Waals surface area contributed by atoms with Crippen molar-refractivity contribution in [1.82, 2.24) is 9.88 Å². The average Bonchev–Trinajstić information content (AvgIpc) is 2.74. The lowest BCUT2D eigenvalue weighted by Crippen LogP contribution is -2.28. The number of fused-ring (bicyclic) bond motifs is 1. The number of rotatable bonds is 3. The van der Waals surface area contributed by atoms with Gasteiger partial charge >= 0.3 is 6.09 Å². The Morgan fingerprint density at radius 2 is 2.28 bits per heavy atom. The smallest absolute Gasteiger partial charge is 0.409 e. The lowest BCUT2D eigenvalue weighted by molar-refractivity contribution is 0.134. The molecular formula is C13H16N2O3. The summed E-state index contributed by atoms with van der Waals surface area (Å²) in [5.41, 5.74) is 2.76. The Morgan fingerprint density at radius 1 is 1.50 bits per heavy atom. The number of aryl methyl sites for hydroxylation is 1. The second-order valence-corrected chi connectivity index (χ2v) is 4.18. The quantitative estimate of drug-likeness (QED) is 0.836. The van der Waals surface area contributed by atoms with Crippen molar-refractivity contribution in [3.8, 4) is 0 Å². The number of amides is 1. The van der Waals surface area contributed by atoms with Crippen LogP contribution in [0.1, 0.15) is 11.5 Å². The number of oxazole rings is 1. The molecule has 5 heteroatoms. The van der Waals surface area contributed by atoms with Gasteiger partial charge in [-0.05, 0) is 24.1 Å². The fourth-order valence-corrected chi connectivity index (χ4v) is 1.79. The standard InChI is InChI=1S/C13H16N2O3/c1-9-14-11-8-10(4-5-12(11)18-9)6-7-15(2)13(16)17-3/h4-5,8H,6-7H2,1-3H3. The number of carbonyl (C=O) groups is 1. The molecule has 0 unspecified atom stereocenters. The number of likely N-dealkylation sites (N-methyl/N-ethyl adjacent to an activating group) is 1.